The van der Waals surface area contributed by atoms with Crippen molar-refractivity contribution in [3.05, 3.63) is 31.7 Å². The Bertz CT molecular complexity index is 330. The van der Waals surface area contributed by atoms with Crippen molar-refractivity contribution in [1.29, 1.82) is 5.26 Å². The summed E-state index contributed by atoms with van der Waals surface area (Å²) in [6.07, 6.45) is 0. The fourth-order valence-corrected chi connectivity index (χ4v) is 1.76. The maximum Gasteiger partial charge on any atom is 0.100 e. The van der Waals surface area contributed by atoms with E-state index in [4.69, 9.17) is 16.9 Å². The molecule has 0 heterocycles. The van der Waals surface area contributed by atoms with Crippen LogP contribution in [-0.2, 0) is 0 Å². The standard InChI is InChI=1S/C7H2Br2ClN/c8-5-1-4(3-11)7(9)6(10)2-5/h1-2H. The average Bonchev–Trinajstić information content (AvgIpc) is 1.96. The highest BCUT2D eigenvalue weighted by Gasteiger charge is 2.04. The molecular formula is C7H2Br2ClN. The third kappa shape index (κ3) is 1.96. The Balaban J connectivity index is 3.39. The maximum absolute atomic E-state index is 8.61. The molecular weight excluding hydrogens is 293 g/mol. The summed E-state index contributed by atoms with van der Waals surface area (Å²) in [5.41, 5.74) is 0.532. The lowest BCUT2D eigenvalue weighted by molar-refractivity contribution is 1.45. The summed E-state index contributed by atoms with van der Waals surface area (Å²) >= 11 is 12.2. The molecule has 0 fully saturated rings. The quantitative estimate of drug-likeness (QED) is 0.669. The molecule has 56 valence electrons. The van der Waals surface area contributed by atoms with E-state index in [1.807, 2.05) is 6.07 Å². The van der Waals surface area contributed by atoms with Crippen molar-refractivity contribution < 1.29 is 0 Å². The fourth-order valence-electron chi connectivity index (χ4n) is 0.637. The normalized spacial score (nSPS) is 9.27. The van der Waals surface area contributed by atoms with Gasteiger partial charge >= 0.3 is 0 Å². The van der Waals surface area contributed by atoms with Crippen LogP contribution in [0.1, 0.15) is 5.56 Å². The molecule has 0 amide bonds. The molecule has 0 saturated carbocycles. The van der Waals surface area contributed by atoms with Crippen LogP contribution in [0.2, 0.25) is 5.02 Å². The second-order valence-electron chi connectivity index (χ2n) is 1.86. The van der Waals surface area contributed by atoms with Crippen LogP contribution in [0.25, 0.3) is 0 Å². The van der Waals surface area contributed by atoms with Crippen LogP contribution in [0.5, 0.6) is 0 Å². The van der Waals surface area contributed by atoms with Crippen LogP contribution in [0.4, 0.5) is 0 Å². The van der Waals surface area contributed by atoms with Crippen LogP contribution in [0.15, 0.2) is 21.1 Å². The van der Waals surface area contributed by atoms with Crippen molar-refractivity contribution >= 4 is 43.5 Å². The Hall–Kier alpha value is -0.0400. The van der Waals surface area contributed by atoms with Crippen LogP contribution in [-0.4, -0.2) is 0 Å². The van der Waals surface area contributed by atoms with Gasteiger partial charge in [0.2, 0.25) is 0 Å². The monoisotopic (exact) mass is 293 g/mol. The van der Waals surface area contributed by atoms with Crippen LogP contribution < -0.4 is 0 Å². The number of nitriles is 1. The highest BCUT2D eigenvalue weighted by molar-refractivity contribution is 9.11. The van der Waals surface area contributed by atoms with Gasteiger partial charge in [-0.1, -0.05) is 27.5 Å². The number of halogens is 3. The molecule has 0 aromatic heterocycles. The third-order valence-corrected chi connectivity index (χ3v) is 2.95. The van der Waals surface area contributed by atoms with Crippen molar-refractivity contribution in [3.8, 4) is 6.07 Å². The Morgan fingerprint density at radius 3 is 2.55 bits per heavy atom. The molecule has 1 aromatic rings. The third-order valence-electron chi connectivity index (χ3n) is 1.11. The van der Waals surface area contributed by atoms with E-state index in [2.05, 4.69) is 31.9 Å². The second kappa shape index (κ2) is 3.57. The van der Waals surface area contributed by atoms with E-state index in [1.54, 1.807) is 12.1 Å². The molecule has 4 heteroatoms. The molecule has 11 heavy (non-hydrogen) atoms. The zero-order valence-corrected chi connectivity index (χ0v) is 9.16. The molecule has 0 radical (unpaired) electrons. The molecule has 0 spiro atoms. The van der Waals surface area contributed by atoms with Gasteiger partial charge in [0.25, 0.3) is 0 Å². The minimum atomic E-state index is 0.532. The van der Waals surface area contributed by atoms with Gasteiger partial charge in [-0.25, -0.2) is 0 Å². The topological polar surface area (TPSA) is 23.8 Å². The van der Waals surface area contributed by atoms with Gasteiger partial charge in [-0.15, -0.1) is 0 Å². The molecule has 0 aliphatic carbocycles. The van der Waals surface area contributed by atoms with Gasteiger partial charge in [0.05, 0.1) is 15.1 Å². The predicted molar refractivity (Wildman–Crippen MR) is 51.6 cm³/mol. The van der Waals surface area contributed by atoms with Crippen molar-refractivity contribution in [2.24, 2.45) is 0 Å². The second-order valence-corrected chi connectivity index (χ2v) is 3.98. The van der Waals surface area contributed by atoms with E-state index in [1.165, 1.54) is 0 Å². The Morgan fingerprint density at radius 2 is 2.00 bits per heavy atom. The first kappa shape index (κ1) is 9.05. The summed E-state index contributed by atoms with van der Waals surface area (Å²) in [4.78, 5) is 0. The van der Waals surface area contributed by atoms with Crippen molar-refractivity contribution in [2.75, 3.05) is 0 Å². The molecule has 0 bridgehead atoms. The van der Waals surface area contributed by atoms with E-state index in [0.717, 1.165) is 4.47 Å². The first-order valence-corrected chi connectivity index (χ1v) is 4.66. The van der Waals surface area contributed by atoms with Crippen LogP contribution >= 0.6 is 43.5 Å². The van der Waals surface area contributed by atoms with Gasteiger partial charge in [-0.3, -0.25) is 0 Å². The first-order chi connectivity index (χ1) is 5.15. The van der Waals surface area contributed by atoms with Gasteiger partial charge in [-0.2, -0.15) is 5.26 Å². The minimum absolute atomic E-state index is 0.532. The molecule has 0 unspecified atom stereocenters. The predicted octanol–water partition coefficient (Wildman–Crippen LogP) is 3.74. The summed E-state index contributed by atoms with van der Waals surface area (Å²) in [7, 11) is 0. The molecule has 0 aliphatic rings. The van der Waals surface area contributed by atoms with Crippen molar-refractivity contribution in [2.45, 2.75) is 0 Å². The maximum atomic E-state index is 8.61. The summed E-state index contributed by atoms with van der Waals surface area (Å²) in [5.74, 6) is 0. The number of hydrogen-bond acceptors (Lipinski definition) is 1. The Kier molecular flexibility index (Phi) is 2.94. The number of hydrogen-bond donors (Lipinski definition) is 0. The minimum Gasteiger partial charge on any atom is -0.192 e. The molecule has 1 nitrogen and oxygen atoms in total. The first-order valence-electron chi connectivity index (χ1n) is 2.70. The molecule has 1 aromatic carbocycles. The van der Waals surface area contributed by atoms with Crippen molar-refractivity contribution in [3.63, 3.8) is 0 Å². The largest absolute Gasteiger partial charge is 0.192 e. The lowest BCUT2D eigenvalue weighted by Crippen LogP contribution is -1.78. The van der Waals surface area contributed by atoms with E-state index in [9.17, 15) is 0 Å². The molecule has 0 aliphatic heterocycles. The molecule has 0 atom stereocenters. The van der Waals surface area contributed by atoms with E-state index >= 15 is 0 Å². The number of rotatable bonds is 0. The zero-order chi connectivity index (χ0) is 8.43. The Morgan fingerprint density at radius 1 is 1.36 bits per heavy atom. The van der Waals surface area contributed by atoms with Gasteiger partial charge in [-0.05, 0) is 28.1 Å². The summed E-state index contributed by atoms with van der Waals surface area (Å²) in [6.45, 7) is 0. The lowest BCUT2D eigenvalue weighted by atomic mass is 10.2. The van der Waals surface area contributed by atoms with E-state index in [-0.39, 0.29) is 0 Å². The highest BCUT2D eigenvalue weighted by Crippen LogP contribution is 2.29. The van der Waals surface area contributed by atoms with E-state index < -0.39 is 0 Å². The molecule has 0 N–H and O–H groups in total. The SMILES string of the molecule is N#Cc1cc(Br)cc(Cl)c1Br. The van der Waals surface area contributed by atoms with Crippen molar-refractivity contribution in [1.82, 2.24) is 0 Å². The average molecular weight is 295 g/mol. The number of nitrogens with zero attached hydrogens (tertiary/aromatic N) is 1. The van der Waals surface area contributed by atoms with Gasteiger partial charge in [0.1, 0.15) is 6.07 Å². The Labute approximate surface area is 86.2 Å². The van der Waals surface area contributed by atoms with Gasteiger partial charge in [0, 0.05) is 4.47 Å². The molecule has 0 saturated heterocycles. The van der Waals surface area contributed by atoms with E-state index in [0.29, 0.717) is 15.1 Å². The molecule has 1 rings (SSSR count). The fraction of sp³-hybridized carbons (Fsp3) is 0. The summed E-state index contributed by atoms with van der Waals surface area (Å²) < 4.78 is 1.45. The van der Waals surface area contributed by atoms with Gasteiger partial charge < -0.3 is 0 Å². The highest BCUT2D eigenvalue weighted by atomic mass is 79.9. The summed E-state index contributed by atoms with van der Waals surface area (Å²) in [5, 5.41) is 9.15. The van der Waals surface area contributed by atoms with Gasteiger partial charge in [0.15, 0.2) is 0 Å². The zero-order valence-electron chi connectivity index (χ0n) is 5.24. The smallest absolute Gasteiger partial charge is 0.100 e. The van der Waals surface area contributed by atoms with Crippen LogP contribution in [0, 0.1) is 11.3 Å². The summed E-state index contributed by atoms with van der Waals surface area (Å²) in [6, 6.07) is 5.45. The van der Waals surface area contributed by atoms with Crippen LogP contribution in [0.3, 0.4) is 0 Å². The number of benzene rings is 1. The lowest BCUT2D eigenvalue weighted by Gasteiger charge is -1.98.